The minimum Gasteiger partial charge on any atom is -0.496 e. The molecule has 3 aromatic rings. The summed E-state index contributed by atoms with van der Waals surface area (Å²) < 4.78 is 7.46. The topological polar surface area (TPSA) is 26.2 Å². The maximum Gasteiger partial charge on any atom is 0.121 e. The van der Waals surface area contributed by atoms with Crippen LogP contribution >= 0.6 is 0 Å². The van der Waals surface area contributed by atoms with Crippen LogP contribution in [0, 0.1) is 6.92 Å². The number of rotatable bonds is 4. The largest absolute Gasteiger partial charge is 0.496 e. The summed E-state index contributed by atoms with van der Waals surface area (Å²) in [6.45, 7) is 2.87. The molecule has 0 bridgehead atoms. The molecule has 0 spiro atoms. The van der Waals surface area contributed by atoms with Crippen LogP contribution in [-0.2, 0) is 13.6 Å². The van der Waals surface area contributed by atoms with E-state index < -0.39 is 0 Å². The van der Waals surface area contributed by atoms with E-state index in [1.165, 1.54) is 16.5 Å². The smallest absolute Gasteiger partial charge is 0.121 e. The third kappa shape index (κ3) is 2.59. The zero-order valence-electron chi connectivity index (χ0n) is 12.7. The van der Waals surface area contributed by atoms with Crippen LogP contribution in [0.5, 0.6) is 5.75 Å². The lowest BCUT2D eigenvalue weighted by molar-refractivity contribution is 0.412. The van der Waals surface area contributed by atoms with Gasteiger partial charge in [-0.1, -0.05) is 18.2 Å². The molecule has 1 heterocycles. The molecule has 0 aliphatic carbocycles. The van der Waals surface area contributed by atoms with Gasteiger partial charge in [-0.15, -0.1) is 0 Å². The Morgan fingerprint density at radius 2 is 1.95 bits per heavy atom. The molecule has 0 aliphatic rings. The van der Waals surface area contributed by atoms with Gasteiger partial charge in [0.05, 0.1) is 7.11 Å². The summed E-state index contributed by atoms with van der Waals surface area (Å²) in [4.78, 5) is 0. The summed E-state index contributed by atoms with van der Waals surface area (Å²) in [5, 5.41) is 4.79. The highest BCUT2D eigenvalue weighted by Crippen LogP contribution is 2.24. The molecule has 0 atom stereocenters. The van der Waals surface area contributed by atoms with Gasteiger partial charge in [-0.05, 0) is 42.3 Å². The number of hydrogen-bond acceptors (Lipinski definition) is 2. The van der Waals surface area contributed by atoms with Crippen LogP contribution in [0.1, 0.15) is 11.1 Å². The van der Waals surface area contributed by atoms with Crippen molar-refractivity contribution in [3.8, 4) is 5.75 Å². The first-order chi connectivity index (χ1) is 10.2. The Bertz CT molecular complexity index is 774. The minimum atomic E-state index is 0.813. The highest BCUT2D eigenvalue weighted by atomic mass is 16.5. The predicted molar refractivity (Wildman–Crippen MR) is 88.0 cm³/mol. The summed E-state index contributed by atoms with van der Waals surface area (Å²) in [6.07, 6.45) is 2.19. The van der Waals surface area contributed by atoms with Crippen molar-refractivity contribution in [3.05, 3.63) is 59.8 Å². The SMILES string of the molecule is COc1ccc(NCc2cn(C)c3ccccc23)cc1C. The van der Waals surface area contributed by atoms with E-state index in [1.807, 2.05) is 6.07 Å². The number of fused-ring (bicyclic) bond motifs is 1. The monoisotopic (exact) mass is 280 g/mol. The normalized spacial score (nSPS) is 10.8. The molecule has 0 saturated carbocycles. The van der Waals surface area contributed by atoms with Gasteiger partial charge in [0.15, 0.2) is 0 Å². The molecule has 0 amide bonds. The van der Waals surface area contributed by atoms with Crippen LogP contribution < -0.4 is 10.1 Å². The van der Waals surface area contributed by atoms with Gasteiger partial charge >= 0.3 is 0 Å². The van der Waals surface area contributed by atoms with Crippen molar-refractivity contribution >= 4 is 16.6 Å². The van der Waals surface area contributed by atoms with Crippen molar-refractivity contribution in [2.45, 2.75) is 13.5 Å². The van der Waals surface area contributed by atoms with Crippen LogP contribution in [0.4, 0.5) is 5.69 Å². The molecule has 3 rings (SSSR count). The molecular weight excluding hydrogens is 260 g/mol. The fourth-order valence-corrected chi connectivity index (χ4v) is 2.75. The number of nitrogens with one attached hydrogen (secondary N) is 1. The van der Waals surface area contributed by atoms with Gasteiger partial charge in [0, 0.05) is 36.4 Å². The molecule has 3 heteroatoms. The maximum atomic E-state index is 5.29. The van der Waals surface area contributed by atoms with E-state index in [1.54, 1.807) is 7.11 Å². The van der Waals surface area contributed by atoms with Gasteiger partial charge in [0.1, 0.15) is 5.75 Å². The standard InChI is InChI=1S/C18H20N2O/c1-13-10-15(8-9-18(13)21-3)19-11-14-12-20(2)17-7-5-4-6-16(14)17/h4-10,12,19H,11H2,1-3H3. The number of aromatic nitrogens is 1. The van der Waals surface area contributed by atoms with Crippen LogP contribution in [0.2, 0.25) is 0 Å². The summed E-state index contributed by atoms with van der Waals surface area (Å²) in [6, 6.07) is 14.7. The van der Waals surface area contributed by atoms with Gasteiger partial charge in [0.25, 0.3) is 0 Å². The Labute approximate surface area is 125 Å². The number of nitrogens with zero attached hydrogens (tertiary/aromatic N) is 1. The fraction of sp³-hybridized carbons (Fsp3) is 0.222. The Morgan fingerprint density at radius 1 is 1.14 bits per heavy atom. The Hall–Kier alpha value is -2.42. The molecule has 0 saturated heterocycles. The van der Waals surface area contributed by atoms with E-state index in [-0.39, 0.29) is 0 Å². The zero-order chi connectivity index (χ0) is 14.8. The second kappa shape index (κ2) is 5.52. The van der Waals surface area contributed by atoms with Gasteiger partial charge in [-0.25, -0.2) is 0 Å². The van der Waals surface area contributed by atoms with Crippen LogP contribution in [-0.4, -0.2) is 11.7 Å². The summed E-state index contributed by atoms with van der Waals surface area (Å²) in [5.74, 6) is 0.922. The maximum absolute atomic E-state index is 5.29. The average Bonchev–Trinajstić information content (AvgIpc) is 2.82. The molecule has 21 heavy (non-hydrogen) atoms. The van der Waals surface area contributed by atoms with Gasteiger partial charge in [-0.2, -0.15) is 0 Å². The van der Waals surface area contributed by atoms with Crippen LogP contribution in [0.25, 0.3) is 10.9 Å². The number of methoxy groups -OCH3 is 1. The van der Waals surface area contributed by atoms with Crippen molar-refractivity contribution in [2.75, 3.05) is 12.4 Å². The van der Waals surface area contributed by atoms with E-state index in [0.29, 0.717) is 0 Å². The van der Waals surface area contributed by atoms with Gasteiger partial charge in [0.2, 0.25) is 0 Å². The Morgan fingerprint density at radius 3 is 2.71 bits per heavy atom. The van der Waals surface area contributed by atoms with E-state index in [2.05, 4.69) is 66.5 Å². The molecule has 0 unspecified atom stereocenters. The van der Waals surface area contributed by atoms with Crippen molar-refractivity contribution in [1.82, 2.24) is 4.57 Å². The number of anilines is 1. The number of hydrogen-bond donors (Lipinski definition) is 1. The quantitative estimate of drug-likeness (QED) is 0.778. The van der Waals surface area contributed by atoms with Gasteiger partial charge in [-0.3, -0.25) is 0 Å². The molecule has 108 valence electrons. The van der Waals surface area contributed by atoms with Gasteiger partial charge < -0.3 is 14.6 Å². The molecule has 2 aromatic carbocycles. The van der Waals surface area contributed by atoms with Crippen LogP contribution in [0.3, 0.4) is 0 Å². The minimum absolute atomic E-state index is 0.813. The highest BCUT2D eigenvalue weighted by Gasteiger charge is 2.06. The number of ether oxygens (including phenoxy) is 1. The van der Waals surface area contributed by atoms with E-state index in [9.17, 15) is 0 Å². The molecule has 0 radical (unpaired) electrons. The van der Waals surface area contributed by atoms with E-state index in [0.717, 1.165) is 23.5 Å². The lowest BCUT2D eigenvalue weighted by Gasteiger charge is -2.09. The molecule has 1 aromatic heterocycles. The number of aryl methyl sites for hydroxylation is 2. The first kappa shape index (κ1) is 13.6. The lowest BCUT2D eigenvalue weighted by atomic mass is 10.1. The average molecular weight is 280 g/mol. The number of para-hydroxylation sites is 1. The summed E-state index contributed by atoms with van der Waals surface area (Å²) in [5.41, 5.74) is 4.82. The summed E-state index contributed by atoms with van der Waals surface area (Å²) >= 11 is 0. The van der Waals surface area contributed by atoms with Crippen molar-refractivity contribution in [3.63, 3.8) is 0 Å². The van der Waals surface area contributed by atoms with Crippen molar-refractivity contribution in [2.24, 2.45) is 7.05 Å². The van der Waals surface area contributed by atoms with E-state index >= 15 is 0 Å². The predicted octanol–water partition coefficient (Wildman–Crippen LogP) is 4.11. The third-order valence-corrected chi connectivity index (χ3v) is 3.86. The molecule has 3 nitrogen and oxygen atoms in total. The second-order valence-corrected chi connectivity index (χ2v) is 5.32. The Balaban J connectivity index is 1.82. The molecule has 0 aliphatic heterocycles. The molecule has 1 N–H and O–H groups in total. The van der Waals surface area contributed by atoms with Crippen LogP contribution in [0.15, 0.2) is 48.7 Å². The van der Waals surface area contributed by atoms with Crippen molar-refractivity contribution < 1.29 is 4.74 Å². The fourth-order valence-electron chi connectivity index (χ4n) is 2.75. The third-order valence-electron chi connectivity index (χ3n) is 3.86. The highest BCUT2D eigenvalue weighted by molar-refractivity contribution is 5.84. The second-order valence-electron chi connectivity index (χ2n) is 5.32. The first-order valence-corrected chi connectivity index (χ1v) is 7.10. The molecule has 0 fully saturated rings. The first-order valence-electron chi connectivity index (χ1n) is 7.10. The Kier molecular flexibility index (Phi) is 3.57. The number of benzene rings is 2. The summed E-state index contributed by atoms with van der Waals surface area (Å²) in [7, 11) is 3.79. The zero-order valence-corrected chi connectivity index (χ0v) is 12.7. The lowest BCUT2D eigenvalue weighted by Crippen LogP contribution is -1.99. The van der Waals surface area contributed by atoms with E-state index in [4.69, 9.17) is 4.74 Å². The van der Waals surface area contributed by atoms with Crippen molar-refractivity contribution in [1.29, 1.82) is 0 Å². The molecular formula is C18H20N2O.